The standard InChI is InChI=1S/C11H17F2N3O2S/c1-5-7(6(14)8(12)13)19-9(15-5)16-10(17)18-11(2,3)4/h6,8H,14H2,1-4H3,(H,15,16,17). The third-order valence-electron chi connectivity index (χ3n) is 2.01. The predicted octanol–water partition coefficient (Wildman–Crippen LogP) is 3.06. The van der Waals surface area contributed by atoms with E-state index in [1.165, 1.54) is 0 Å². The number of aryl methyl sites for hydroxylation is 1. The van der Waals surface area contributed by atoms with Gasteiger partial charge in [-0.15, -0.1) is 0 Å². The first-order valence-corrected chi connectivity index (χ1v) is 6.43. The van der Waals surface area contributed by atoms with Crippen molar-refractivity contribution in [2.75, 3.05) is 5.32 Å². The van der Waals surface area contributed by atoms with Crippen molar-refractivity contribution in [2.24, 2.45) is 5.73 Å². The second kappa shape index (κ2) is 5.79. The lowest BCUT2D eigenvalue weighted by atomic mass is 10.2. The third-order valence-corrected chi connectivity index (χ3v) is 3.19. The lowest BCUT2D eigenvalue weighted by molar-refractivity contribution is 0.0636. The van der Waals surface area contributed by atoms with Gasteiger partial charge in [0, 0.05) is 0 Å². The third kappa shape index (κ3) is 4.71. The second-order valence-electron chi connectivity index (χ2n) is 4.96. The fraction of sp³-hybridized carbons (Fsp3) is 0.636. The highest BCUT2D eigenvalue weighted by molar-refractivity contribution is 7.16. The van der Waals surface area contributed by atoms with Crippen LogP contribution in [0.1, 0.15) is 37.4 Å². The number of carbonyl (C=O) groups excluding carboxylic acids is 1. The first kappa shape index (κ1) is 15.8. The van der Waals surface area contributed by atoms with Crippen LogP contribution in [0, 0.1) is 6.92 Å². The number of ether oxygens (including phenoxy) is 1. The number of anilines is 1. The average Bonchev–Trinajstić information content (AvgIpc) is 2.54. The molecular formula is C11H17F2N3O2S. The molecule has 0 aliphatic carbocycles. The summed E-state index contributed by atoms with van der Waals surface area (Å²) < 4.78 is 30.1. The second-order valence-corrected chi connectivity index (χ2v) is 5.99. The average molecular weight is 293 g/mol. The van der Waals surface area contributed by atoms with Crippen molar-refractivity contribution < 1.29 is 18.3 Å². The number of amides is 1. The molecule has 0 aromatic carbocycles. The van der Waals surface area contributed by atoms with Gasteiger partial charge in [-0.3, -0.25) is 5.32 Å². The quantitative estimate of drug-likeness (QED) is 0.898. The van der Waals surface area contributed by atoms with Crippen LogP contribution in [0.5, 0.6) is 0 Å². The highest BCUT2D eigenvalue weighted by atomic mass is 32.1. The van der Waals surface area contributed by atoms with E-state index in [0.717, 1.165) is 11.3 Å². The monoisotopic (exact) mass is 293 g/mol. The Hall–Kier alpha value is -1.28. The molecule has 3 N–H and O–H groups in total. The lowest BCUT2D eigenvalue weighted by Gasteiger charge is -2.18. The largest absolute Gasteiger partial charge is 0.444 e. The van der Waals surface area contributed by atoms with E-state index >= 15 is 0 Å². The van der Waals surface area contributed by atoms with Crippen LogP contribution >= 0.6 is 11.3 Å². The number of hydrogen-bond acceptors (Lipinski definition) is 5. The SMILES string of the molecule is Cc1nc(NC(=O)OC(C)(C)C)sc1C(N)C(F)F. The summed E-state index contributed by atoms with van der Waals surface area (Å²) in [4.78, 5) is 15.7. The summed E-state index contributed by atoms with van der Waals surface area (Å²) in [5, 5.41) is 2.59. The molecule has 1 atom stereocenters. The molecule has 0 fully saturated rings. The van der Waals surface area contributed by atoms with Crippen LogP contribution in [0.2, 0.25) is 0 Å². The Kier molecular flexibility index (Phi) is 4.81. The summed E-state index contributed by atoms with van der Waals surface area (Å²) in [5.41, 5.74) is 5.10. The Labute approximate surface area is 114 Å². The molecule has 0 radical (unpaired) electrons. The minimum atomic E-state index is -2.67. The first-order chi connectivity index (χ1) is 8.60. The van der Waals surface area contributed by atoms with Gasteiger partial charge in [0.2, 0.25) is 0 Å². The van der Waals surface area contributed by atoms with E-state index in [4.69, 9.17) is 10.5 Å². The Morgan fingerprint density at radius 3 is 2.53 bits per heavy atom. The summed E-state index contributed by atoms with van der Waals surface area (Å²) in [6.07, 6.45) is -3.35. The molecule has 0 bridgehead atoms. The molecule has 0 aliphatic heterocycles. The van der Waals surface area contributed by atoms with E-state index in [9.17, 15) is 13.6 Å². The number of hydrogen-bond donors (Lipinski definition) is 2. The summed E-state index contributed by atoms with van der Waals surface area (Å²) >= 11 is 0.922. The molecule has 1 unspecified atom stereocenters. The molecule has 1 aromatic heterocycles. The van der Waals surface area contributed by atoms with Gasteiger partial charge >= 0.3 is 6.09 Å². The van der Waals surface area contributed by atoms with E-state index in [2.05, 4.69) is 10.3 Å². The molecule has 0 saturated carbocycles. The molecule has 108 valence electrons. The van der Waals surface area contributed by atoms with Crippen LogP contribution < -0.4 is 11.1 Å². The van der Waals surface area contributed by atoms with Gasteiger partial charge in [-0.05, 0) is 27.7 Å². The molecule has 1 heterocycles. The fourth-order valence-electron chi connectivity index (χ4n) is 1.28. The molecule has 8 heteroatoms. The summed E-state index contributed by atoms with van der Waals surface area (Å²) in [6, 6.07) is -1.40. The zero-order valence-corrected chi connectivity index (χ0v) is 12.0. The predicted molar refractivity (Wildman–Crippen MR) is 69.6 cm³/mol. The Morgan fingerprint density at radius 1 is 1.47 bits per heavy atom. The van der Waals surface area contributed by atoms with Crippen molar-refractivity contribution in [1.82, 2.24) is 4.98 Å². The lowest BCUT2D eigenvalue weighted by Crippen LogP contribution is -2.27. The highest BCUT2D eigenvalue weighted by Crippen LogP contribution is 2.30. The van der Waals surface area contributed by atoms with Crippen LogP contribution in [0.15, 0.2) is 0 Å². The van der Waals surface area contributed by atoms with Gasteiger partial charge in [0.1, 0.15) is 11.6 Å². The smallest absolute Gasteiger partial charge is 0.413 e. The van der Waals surface area contributed by atoms with Gasteiger partial charge in [0.25, 0.3) is 6.43 Å². The number of carbonyl (C=O) groups is 1. The van der Waals surface area contributed by atoms with Gasteiger partial charge in [0.05, 0.1) is 10.6 Å². The van der Waals surface area contributed by atoms with Crippen molar-refractivity contribution in [3.05, 3.63) is 10.6 Å². The maximum Gasteiger partial charge on any atom is 0.413 e. The first-order valence-electron chi connectivity index (χ1n) is 5.61. The van der Waals surface area contributed by atoms with Crippen molar-refractivity contribution in [3.8, 4) is 0 Å². The number of alkyl halides is 2. The zero-order valence-electron chi connectivity index (χ0n) is 11.2. The molecule has 0 spiro atoms. The number of halogens is 2. The number of nitrogens with two attached hydrogens (primary N) is 1. The summed E-state index contributed by atoms with van der Waals surface area (Å²) in [5.74, 6) is 0. The number of nitrogens with zero attached hydrogens (tertiary/aromatic N) is 1. The van der Waals surface area contributed by atoms with Crippen LogP contribution in [-0.4, -0.2) is 23.1 Å². The maximum absolute atomic E-state index is 12.5. The number of nitrogens with one attached hydrogen (secondary N) is 1. The molecular weight excluding hydrogens is 276 g/mol. The Morgan fingerprint density at radius 2 is 2.05 bits per heavy atom. The van der Waals surface area contributed by atoms with E-state index in [-0.39, 0.29) is 10.0 Å². The van der Waals surface area contributed by atoms with Crippen molar-refractivity contribution in [1.29, 1.82) is 0 Å². The number of rotatable bonds is 3. The molecule has 1 amide bonds. The highest BCUT2D eigenvalue weighted by Gasteiger charge is 2.24. The van der Waals surface area contributed by atoms with Crippen molar-refractivity contribution in [3.63, 3.8) is 0 Å². The van der Waals surface area contributed by atoms with E-state index < -0.39 is 24.2 Å². The van der Waals surface area contributed by atoms with E-state index in [1.807, 2.05) is 0 Å². The molecule has 1 aromatic rings. The van der Waals surface area contributed by atoms with Crippen molar-refractivity contribution >= 4 is 22.6 Å². The molecule has 5 nitrogen and oxygen atoms in total. The van der Waals surface area contributed by atoms with Gasteiger partial charge in [-0.25, -0.2) is 18.6 Å². The molecule has 19 heavy (non-hydrogen) atoms. The van der Waals surface area contributed by atoms with Crippen LogP contribution in [-0.2, 0) is 4.74 Å². The summed E-state index contributed by atoms with van der Waals surface area (Å²) in [7, 11) is 0. The van der Waals surface area contributed by atoms with E-state index in [1.54, 1.807) is 27.7 Å². The van der Waals surface area contributed by atoms with Crippen LogP contribution in [0.3, 0.4) is 0 Å². The molecule has 0 aliphatic rings. The van der Waals surface area contributed by atoms with Crippen LogP contribution in [0.25, 0.3) is 0 Å². The van der Waals surface area contributed by atoms with Gasteiger partial charge in [-0.2, -0.15) is 0 Å². The van der Waals surface area contributed by atoms with E-state index in [0.29, 0.717) is 5.69 Å². The van der Waals surface area contributed by atoms with Gasteiger partial charge in [0.15, 0.2) is 5.13 Å². The molecule has 0 saturated heterocycles. The maximum atomic E-state index is 12.5. The minimum Gasteiger partial charge on any atom is -0.444 e. The normalized spacial score (nSPS) is 13.5. The summed E-state index contributed by atoms with van der Waals surface area (Å²) in [6.45, 7) is 6.72. The van der Waals surface area contributed by atoms with Crippen LogP contribution in [0.4, 0.5) is 18.7 Å². The molecule has 1 rings (SSSR count). The topological polar surface area (TPSA) is 77.2 Å². The van der Waals surface area contributed by atoms with Gasteiger partial charge in [-0.1, -0.05) is 11.3 Å². The van der Waals surface area contributed by atoms with Gasteiger partial charge < -0.3 is 10.5 Å². The zero-order chi connectivity index (χ0) is 14.8. The van der Waals surface area contributed by atoms with Crippen molar-refractivity contribution in [2.45, 2.75) is 45.8 Å². The fourth-order valence-corrected chi connectivity index (χ4v) is 2.23. The Balaban J connectivity index is 2.77. The Bertz CT molecular complexity index is 457. The number of aromatic nitrogens is 1. The number of thiazole rings is 1. The minimum absolute atomic E-state index is 0.192.